The summed E-state index contributed by atoms with van der Waals surface area (Å²) in [7, 11) is 0. The molecule has 1 aromatic heterocycles. The van der Waals surface area contributed by atoms with E-state index in [0.29, 0.717) is 5.56 Å². The maximum atomic E-state index is 12.3. The summed E-state index contributed by atoms with van der Waals surface area (Å²) in [6, 6.07) is 8.61. The van der Waals surface area contributed by atoms with Gasteiger partial charge < -0.3 is 9.52 Å². The van der Waals surface area contributed by atoms with Crippen LogP contribution in [-0.2, 0) is 6.67 Å². The van der Waals surface area contributed by atoms with Crippen LogP contribution in [0.2, 0.25) is 0 Å². The molecule has 0 aliphatic heterocycles. The van der Waals surface area contributed by atoms with Gasteiger partial charge in [0.1, 0.15) is 0 Å². The van der Waals surface area contributed by atoms with Gasteiger partial charge in [0.25, 0.3) is 0 Å². The van der Waals surface area contributed by atoms with Gasteiger partial charge in [0, 0.05) is 5.56 Å². The fourth-order valence-corrected chi connectivity index (χ4v) is 1.35. The van der Waals surface area contributed by atoms with Crippen LogP contribution in [0.1, 0.15) is 16.4 Å². The van der Waals surface area contributed by atoms with E-state index in [0.717, 1.165) is 0 Å². The van der Waals surface area contributed by atoms with Crippen LogP contribution in [0.5, 0.6) is 0 Å². The molecule has 0 aliphatic rings. The minimum Gasteiger partial charge on any atom is -0.476 e. The second kappa shape index (κ2) is 4.14. The highest BCUT2D eigenvalue weighted by Crippen LogP contribution is 2.25. The van der Waals surface area contributed by atoms with E-state index >= 15 is 0 Å². The van der Waals surface area contributed by atoms with Crippen LogP contribution in [0.3, 0.4) is 0 Å². The predicted octanol–water partition coefficient (Wildman–Crippen LogP) is 2.51. The minimum absolute atomic E-state index is 0.0840. The Balaban J connectivity index is 2.55. The van der Waals surface area contributed by atoms with Crippen LogP contribution in [0.25, 0.3) is 11.3 Å². The first kappa shape index (κ1) is 10.4. The van der Waals surface area contributed by atoms with Crippen molar-refractivity contribution in [3.05, 3.63) is 41.9 Å². The first-order chi connectivity index (χ1) is 7.72. The summed E-state index contributed by atoms with van der Waals surface area (Å²) in [4.78, 5) is 14.4. The van der Waals surface area contributed by atoms with Crippen molar-refractivity contribution >= 4 is 5.97 Å². The SMILES string of the molecule is O=C(O)c1nc(CF)oc1-c1ccccc1. The van der Waals surface area contributed by atoms with E-state index < -0.39 is 12.6 Å². The second-order valence-electron chi connectivity index (χ2n) is 3.09. The first-order valence-corrected chi connectivity index (χ1v) is 4.56. The van der Waals surface area contributed by atoms with Crippen molar-refractivity contribution in [3.8, 4) is 11.3 Å². The molecular weight excluding hydrogens is 213 g/mol. The molecule has 0 saturated heterocycles. The molecular formula is C11H8FNO3. The zero-order valence-electron chi connectivity index (χ0n) is 8.18. The van der Waals surface area contributed by atoms with Gasteiger partial charge in [0.15, 0.2) is 18.1 Å². The molecule has 5 heteroatoms. The van der Waals surface area contributed by atoms with Crippen molar-refractivity contribution in [2.75, 3.05) is 0 Å². The second-order valence-corrected chi connectivity index (χ2v) is 3.09. The third kappa shape index (κ3) is 1.79. The molecule has 0 amide bonds. The number of alkyl halides is 1. The number of carboxylic acids is 1. The number of nitrogens with zero attached hydrogens (tertiary/aromatic N) is 1. The summed E-state index contributed by atoms with van der Waals surface area (Å²) in [5.41, 5.74) is 0.297. The quantitative estimate of drug-likeness (QED) is 0.864. The lowest BCUT2D eigenvalue weighted by atomic mass is 10.1. The van der Waals surface area contributed by atoms with E-state index in [4.69, 9.17) is 9.52 Å². The molecule has 16 heavy (non-hydrogen) atoms. The Bertz CT molecular complexity index is 507. The number of carboxylic acid groups (broad SMARTS) is 1. The maximum absolute atomic E-state index is 12.3. The molecule has 0 aliphatic carbocycles. The number of hydrogen-bond acceptors (Lipinski definition) is 3. The zero-order chi connectivity index (χ0) is 11.5. The van der Waals surface area contributed by atoms with Crippen LogP contribution in [0.4, 0.5) is 4.39 Å². The fraction of sp³-hybridized carbons (Fsp3) is 0.0909. The van der Waals surface area contributed by atoms with Crippen molar-refractivity contribution in [1.29, 1.82) is 0 Å². The predicted molar refractivity (Wildman–Crippen MR) is 53.7 cm³/mol. The average molecular weight is 221 g/mol. The van der Waals surface area contributed by atoms with Crippen molar-refractivity contribution in [3.63, 3.8) is 0 Å². The Hall–Kier alpha value is -2.17. The minimum atomic E-state index is -1.23. The summed E-state index contributed by atoms with van der Waals surface area (Å²) in [5, 5.41) is 8.89. The van der Waals surface area contributed by atoms with E-state index in [2.05, 4.69) is 4.98 Å². The third-order valence-corrected chi connectivity index (χ3v) is 2.02. The van der Waals surface area contributed by atoms with Gasteiger partial charge >= 0.3 is 5.97 Å². The van der Waals surface area contributed by atoms with Gasteiger partial charge in [-0.3, -0.25) is 0 Å². The van der Waals surface area contributed by atoms with Crippen LogP contribution < -0.4 is 0 Å². The number of rotatable bonds is 3. The zero-order valence-corrected chi connectivity index (χ0v) is 8.18. The number of hydrogen-bond donors (Lipinski definition) is 1. The van der Waals surface area contributed by atoms with Crippen molar-refractivity contribution in [1.82, 2.24) is 4.98 Å². The van der Waals surface area contributed by atoms with E-state index in [1.54, 1.807) is 30.3 Å². The molecule has 0 fully saturated rings. The average Bonchev–Trinajstić information content (AvgIpc) is 2.74. The van der Waals surface area contributed by atoms with Crippen LogP contribution in [0, 0.1) is 0 Å². The van der Waals surface area contributed by atoms with Crippen molar-refractivity contribution in [2.24, 2.45) is 0 Å². The van der Waals surface area contributed by atoms with Crippen LogP contribution in [0.15, 0.2) is 34.7 Å². The molecule has 0 bridgehead atoms. The molecule has 0 unspecified atom stereocenters. The molecule has 82 valence electrons. The first-order valence-electron chi connectivity index (χ1n) is 4.56. The number of oxazole rings is 1. The third-order valence-electron chi connectivity index (χ3n) is 2.02. The molecule has 2 rings (SSSR count). The monoisotopic (exact) mass is 221 g/mol. The lowest BCUT2D eigenvalue weighted by Crippen LogP contribution is -1.99. The number of benzene rings is 1. The topological polar surface area (TPSA) is 63.3 Å². The smallest absolute Gasteiger partial charge is 0.358 e. The van der Waals surface area contributed by atoms with E-state index in [1.807, 2.05) is 0 Å². The lowest BCUT2D eigenvalue weighted by molar-refractivity contribution is 0.0691. The summed E-state index contributed by atoms with van der Waals surface area (Å²) in [5.74, 6) is -1.38. The molecule has 0 spiro atoms. The van der Waals surface area contributed by atoms with Gasteiger partial charge in [0.2, 0.25) is 5.89 Å². The maximum Gasteiger partial charge on any atom is 0.358 e. The Morgan fingerprint density at radius 1 is 1.38 bits per heavy atom. The summed E-state index contributed by atoms with van der Waals surface area (Å²) in [6.45, 7) is -0.923. The molecule has 0 atom stereocenters. The number of aromatic carboxylic acids is 1. The van der Waals surface area contributed by atoms with E-state index in [1.165, 1.54) is 0 Å². The van der Waals surface area contributed by atoms with Gasteiger partial charge in [-0.15, -0.1) is 0 Å². The van der Waals surface area contributed by atoms with Crippen LogP contribution >= 0.6 is 0 Å². The van der Waals surface area contributed by atoms with Gasteiger partial charge in [0.05, 0.1) is 0 Å². The van der Waals surface area contributed by atoms with Crippen molar-refractivity contribution in [2.45, 2.75) is 6.67 Å². The van der Waals surface area contributed by atoms with E-state index in [-0.39, 0.29) is 17.3 Å². The highest BCUT2D eigenvalue weighted by Gasteiger charge is 2.20. The Kier molecular flexibility index (Phi) is 2.68. The Morgan fingerprint density at radius 2 is 2.06 bits per heavy atom. The van der Waals surface area contributed by atoms with Gasteiger partial charge in [-0.25, -0.2) is 14.2 Å². The van der Waals surface area contributed by atoms with Crippen LogP contribution in [-0.4, -0.2) is 16.1 Å². The summed E-state index contributed by atoms with van der Waals surface area (Å²) < 4.78 is 17.4. The molecule has 2 aromatic rings. The van der Waals surface area contributed by atoms with Gasteiger partial charge in [-0.05, 0) is 0 Å². The molecule has 4 nitrogen and oxygen atoms in total. The number of halogens is 1. The lowest BCUT2D eigenvalue weighted by Gasteiger charge is -1.96. The van der Waals surface area contributed by atoms with Gasteiger partial charge in [-0.1, -0.05) is 30.3 Å². The number of carbonyl (C=O) groups is 1. The highest BCUT2D eigenvalue weighted by molar-refractivity contribution is 5.92. The Morgan fingerprint density at radius 3 is 2.62 bits per heavy atom. The van der Waals surface area contributed by atoms with Crippen molar-refractivity contribution < 1.29 is 18.7 Å². The highest BCUT2D eigenvalue weighted by atomic mass is 19.1. The number of aromatic nitrogens is 1. The standard InChI is InChI=1S/C11H8FNO3/c12-6-8-13-9(11(14)15)10(16-8)7-4-2-1-3-5-7/h1-5H,6H2,(H,14,15). The summed E-state index contributed by atoms with van der Waals surface area (Å²) >= 11 is 0. The molecule has 0 saturated carbocycles. The normalized spacial score (nSPS) is 10.3. The summed E-state index contributed by atoms with van der Waals surface area (Å²) in [6.07, 6.45) is 0. The molecule has 1 aromatic carbocycles. The fourth-order valence-electron chi connectivity index (χ4n) is 1.35. The largest absolute Gasteiger partial charge is 0.476 e. The van der Waals surface area contributed by atoms with E-state index in [9.17, 15) is 9.18 Å². The molecule has 1 N–H and O–H groups in total. The Labute approximate surface area is 90.4 Å². The molecule has 1 heterocycles. The molecule has 0 radical (unpaired) electrons. The van der Waals surface area contributed by atoms with Gasteiger partial charge in [-0.2, -0.15) is 0 Å².